The molecule has 0 aliphatic carbocycles. The predicted molar refractivity (Wildman–Crippen MR) is 86.2 cm³/mol. The molecule has 5 nitrogen and oxygen atoms in total. The van der Waals surface area contributed by atoms with Gasteiger partial charge < -0.3 is 4.90 Å². The zero-order valence-corrected chi connectivity index (χ0v) is 14.3. The zero-order chi connectivity index (χ0) is 16.3. The lowest BCUT2D eigenvalue weighted by Crippen LogP contribution is -2.47. The Morgan fingerprint density at radius 3 is 2.27 bits per heavy atom. The highest BCUT2D eigenvalue weighted by Gasteiger charge is 2.27. The van der Waals surface area contributed by atoms with Crippen LogP contribution in [0.2, 0.25) is 5.02 Å². The summed E-state index contributed by atoms with van der Waals surface area (Å²) in [4.78, 5) is 13.9. The van der Waals surface area contributed by atoms with Gasteiger partial charge in [-0.25, -0.2) is 13.1 Å². The number of piperidine rings is 1. The van der Waals surface area contributed by atoms with Crippen LogP contribution in [0.15, 0.2) is 29.2 Å². The van der Waals surface area contributed by atoms with Crippen LogP contribution >= 0.6 is 11.6 Å². The second-order valence-electron chi connectivity index (χ2n) is 5.83. The molecule has 0 aromatic heterocycles. The Bertz CT molecular complexity index is 621. The number of nitrogens with zero attached hydrogens (tertiary/aromatic N) is 1. The minimum atomic E-state index is -3.54. The van der Waals surface area contributed by atoms with Crippen LogP contribution < -0.4 is 4.72 Å². The molecule has 2 rings (SSSR count). The second kappa shape index (κ2) is 6.98. The normalized spacial score (nSPS) is 17.0. The number of likely N-dealkylation sites (tertiary alicyclic amines) is 1. The standard InChI is InChI=1S/C15H21ClN2O3S/c1-11(2)15(19)18-9-7-13(8-10-18)17-22(20,21)14-5-3-12(16)4-6-14/h3-6,11,13,17H,7-10H2,1-2H3. The third kappa shape index (κ3) is 4.21. The lowest BCUT2D eigenvalue weighted by Gasteiger charge is -2.33. The van der Waals surface area contributed by atoms with Gasteiger partial charge in [-0.2, -0.15) is 0 Å². The van der Waals surface area contributed by atoms with Gasteiger partial charge in [-0.3, -0.25) is 4.79 Å². The summed E-state index contributed by atoms with van der Waals surface area (Å²) >= 11 is 5.77. The van der Waals surface area contributed by atoms with Crippen molar-refractivity contribution in [3.05, 3.63) is 29.3 Å². The van der Waals surface area contributed by atoms with Crippen molar-refractivity contribution in [2.45, 2.75) is 37.6 Å². The minimum Gasteiger partial charge on any atom is -0.342 e. The molecule has 1 aromatic carbocycles. The molecule has 1 N–H and O–H groups in total. The van der Waals surface area contributed by atoms with E-state index in [0.717, 1.165) is 0 Å². The van der Waals surface area contributed by atoms with Gasteiger partial charge in [0.2, 0.25) is 15.9 Å². The third-order valence-electron chi connectivity index (χ3n) is 3.75. The molecule has 0 atom stereocenters. The Morgan fingerprint density at radius 1 is 1.23 bits per heavy atom. The number of hydrogen-bond acceptors (Lipinski definition) is 3. The van der Waals surface area contributed by atoms with Crippen LogP contribution in [0, 0.1) is 5.92 Å². The molecule has 1 aliphatic rings. The van der Waals surface area contributed by atoms with Crippen LogP contribution in [-0.4, -0.2) is 38.4 Å². The topological polar surface area (TPSA) is 66.5 Å². The van der Waals surface area contributed by atoms with Gasteiger partial charge in [0.25, 0.3) is 0 Å². The Kier molecular flexibility index (Phi) is 5.47. The summed E-state index contributed by atoms with van der Waals surface area (Å²) in [5.41, 5.74) is 0. The van der Waals surface area contributed by atoms with E-state index in [2.05, 4.69) is 4.72 Å². The van der Waals surface area contributed by atoms with Crippen molar-refractivity contribution in [2.75, 3.05) is 13.1 Å². The van der Waals surface area contributed by atoms with Crippen molar-refractivity contribution in [3.8, 4) is 0 Å². The van der Waals surface area contributed by atoms with Gasteiger partial charge >= 0.3 is 0 Å². The molecular weight excluding hydrogens is 324 g/mol. The van der Waals surface area contributed by atoms with Crippen molar-refractivity contribution in [1.82, 2.24) is 9.62 Å². The van der Waals surface area contributed by atoms with E-state index in [1.54, 1.807) is 17.0 Å². The van der Waals surface area contributed by atoms with Crippen LogP contribution in [0.1, 0.15) is 26.7 Å². The monoisotopic (exact) mass is 344 g/mol. The van der Waals surface area contributed by atoms with E-state index in [9.17, 15) is 13.2 Å². The Labute approximate surface area is 136 Å². The number of hydrogen-bond donors (Lipinski definition) is 1. The number of amides is 1. The molecule has 1 aliphatic heterocycles. The average molecular weight is 345 g/mol. The predicted octanol–water partition coefficient (Wildman–Crippen LogP) is 2.27. The van der Waals surface area contributed by atoms with Gasteiger partial charge in [0, 0.05) is 30.1 Å². The largest absolute Gasteiger partial charge is 0.342 e. The summed E-state index contributed by atoms with van der Waals surface area (Å²) in [5, 5.41) is 0.499. The minimum absolute atomic E-state index is 0.0256. The Morgan fingerprint density at radius 2 is 1.77 bits per heavy atom. The number of halogens is 1. The van der Waals surface area contributed by atoms with Crippen molar-refractivity contribution in [1.29, 1.82) is 0 Å². The van der Waals surface area contributed by atoms with E-state index < -0.39 is 10.0 Å². The smallest absolute Gasteiger partial charge is 0.240 e. The fraction of sp³-hybridized carbons (Fsp3) is 0.533. The fourth-order valence-corrected chi connectivity index (χ4v) is 3.92. The summed E-state index contributed by atoms with van der Waals surface area (Å²) in [5.74, 6) is 0.0984. The van der Waals surface area contributed by atoms with Crippen molar-refractivity contribution < 1.29 is 13.2 Å². The first-order valence-electron chi connectivity index (χ1n) is 7.36. The molecule has 0 radical (unpaired) electrons. The maximum Gasteiger partial charge on any atom is 0.240 e. The summed E-state index contributed by atoms with van der Waals surface area (Å²) in [6, 6.07) is 5.95. The second-order valence-corrected chi connectivity index (χ2v) is 7.98. The zero-order valence-electron chi connectivity index (χ0n) is 12.8. The van der Waals surface area contributed by atoms with Crippen molar-refractivity contribution >= 4 is 27.5 Å². The number of carbonyl (C=O) groups is 1. The van der Waals surface area contributed by atoms with Crippen LogP contribution in [0.25, 0.3) is 0 Å². The number of sulfonamides is 1. The van der Waals surface area contributed by atoms with E-state index in [0.29, 0.717) is 31.0 Å². The third-order valence-corrected chi connectivity index (χ3v) is 5.53. The van der Waals surface area contributed by atoms with Crippen molar-refractivity contribution in [3.63, 3.8) is 0 Å². The van der Waals surface area contributed by atoms with Gasteiger partial charge in [-0.1, -0.05) is 25.4 Å². The molecular formula is C15H21ClN2O3S. The Balaban J connectivity index is 1.95. The summed E-state index contributed by atoms with van der Waals surface area (Å²) < 4.78 is 27.3. The summed E-state index contributed by atoms with van der Waals surface area (Å²) in [6.07, 6.45) is 1.26. The first-order valence-corrected chi connectivity index (χ1v) is 9.22. The maximum absolute atomic E-state index is 12.3. The van der Waals surface area contributed by atoms with E-state index >= 15 is 0 Å². The van der Waals surface area contributed by atoms with E-state index in [-0.39, 0.29) is 22.8 Å². The fourth-order valence-electron chi connectivity index (χ4n) is 2.48. The quantitative estimate of drug-likeness (QED) is 0.911. The summed E-state index contributed by atoms with van der Waals surface area (Å²) in [6.45, 7) is 4.92. The average Bonchev–Trinajstić information content (AvgIpc) is 2.47. The van der Waals surface area contributed by atoms with Gasteiger partial charge in [-0.15, -0.1) is 0 Å². The molecule has 1 aromatic rings. The van der Waals surface area contributed by atoms with Crippen LogP contribution in [0.4, 0.5) is 0 Å². The molecule has 0 spiro atoms. The molecule has 0 saturated carbocycles. The SMILES string of the molecule is CC(C)C(=O)N1CCC(NS(=O)(=O)c2ccc(Cl)cc2)CC1. The lowest BCUT2D eigenvalue weighted by molar-refractivity contribution is -0.135. The van der Waals surface area contributed by atoms with Crippen LogP contribution in [-0.2, 0) is 14.8 Å². The molecule has 1 saturated heterocycles. The van der Waals surface area contributed by atoms with Crippen molar-refractivity contribution in [2.24, 2.45) is 5.92 Å². The number of benzene rings is 1. The molecule has 7 heteroatoms. The molecule has 1 amide bonds. The van der Waals surface area contributed by atoms with E-state index in [1.807, 2.05) is 13.8 Å². The first-order chi connectivity index (χ1) is 10.3. The maximum atomic E-state index is 12.3. The number of rotatable bonds is 4. The van der Waals surface area contributed by atoms with Gasteiger partial charge in [0.05, 0.1) is 4.90 Å². The number of nitrogens with one attached hydrogen (secondary N) is 1. The van der Waals surface area contributed by atoms with Gasteiger partial charge in [0.15, 0.2) is 0 Å². The molecule has 0 bridgehead atoms. The van der Waals surface area contributed by atoms with Gasteiger partial charge in [0.1, 0.15) is 0 Å². The first kappa shape index (κ1) is 17.2. The molecule has 22 heavy (non-hydrogen) atoms. The lowest BCUT2D eigenvalue weighted by atomic mass is 10.0. The van der Waals surface area contributed by atoms with E-state index in [1.165, 1.54) is 12.1 Å². The molecule has 122 valence electrons. The molecule has 0 unspecified atom stereocenters. The van der Waals surface area contributed by atoms with Crippen LogP contribution in [0.3, 0.4) is 0 Å². The molecule has 1 heterocycles. The number of carbonyl (C=O) groups excluding carboxylic acids is 1. The highest BCUT2D eigenvalue weighted by atomic mass is 35.5. The summed E-state index contributed by atoms with van der Waals surface area (Å²) in [7, 11) is -3.54. The Hall–Kier alpha value is -1.11. The van der Waals surface area contributed by atoms with E-state index in [4.69, 9.17) is 11.6 Å². The highest BCUT2D eigenvalue weighted by molar-refractivity contribution is 7.89. The molecule has 1 fully saturated rings. The van der Waals surface area contributed by atoms with Crippen LogP contribution in [0.5, 0.6) is 0 Å². The highest BCUT2D eigenvalue weighted by Crippen LogP contribution is 2.18. The van der Waals surface area contributed by atoms with Gasteiger partial charge in [-0.05, 0) is 37.1 Å².